The van der Waals surface area contributed by atoms with E-state index in [1.54, 1.807) is 12.1 Å². The van der Waals surface area contributed by atoms with Crippen LogP contribution in [0, 0.1) is 0 Å². The summed E-state index contributed by atoms with van der Waals surface area (Å²) >= 11 is 0. The molecule has 146 valence electrons. The number of amides is 1. The topological polar surface area (TPSA) is 64.8 Å². The lowest BCUT2D eigenvalue weighted by Gasteiger charge is -2.35. The molecule has 0 saturated carbocycles. The van der Waals surface area contributed by atoms with Crippen LogP contribution in [0.1, 0.15) is 31.2 Å². The van der Waals surface area contributed by atoms with Gasteiger partial charge in [0.05, 0.1) is 7.11 Å². The van der Waals surface area contributed by atoms with Crippen molar-refractivity contribution in [2.24, 2.45) is 5.73 Å². The summed E-state index contributed by atoms with van der Waals surface area (Å²) in [4.78, 5) is 14.3. The molecule has 0 bridgehead atoms. The van der Waals surface area contributed by atoms with Crippen molar-refractivity contribution in [2.45, 2.75) is 44.3 Å². The molecule has 1 aromatic carbocycles. The van der Waals surface area contributed by atoms with Crippen molar-refractivity contribution in [1.82, 2.24) is 4.90 Å². The summed E-state index contributed by atoms with van der Waals surface area (Å²) in [5.41, 5.74) is 6.55. The van der Waals surface area contributed by atoms with Crippen LogP contribution in [-0.4, -0.2) is 49.8 Å². The van der Waals surface area contributed by atoms with Crippen LogP contribution in [0.5, 0.6) is 11.5 Å². The van der Waals surface area contributed by atoms with Crippen molar-refractivity contribution < 1.29 is 27.4 Å². The number of rotatable bonds is 7. The molecular formula is C18H25F3N2O3. The first-order chi connectivity index (χ1) is 12.3. The van der Waals surface area contributed by atoms with Gasteiger partial charge in [-0.25, -0.2) is 0 Å². The number of hydrogen-bond donors (Lipinski definition) is 1. The number of likely N-dealkylation sites (tertiary alicyclic amines) is 1. The molecule has 1 fully saturated rings. The van der Waals surface area contributed by atoms with Crippen molar-refractivity contribution >= 4 is 5.91 Å². The van der Waals surface area contributed by atoms with E-state index in [2.05, 4.69) is 0 Å². The Morgan fingerprint density at radius 2 is 2.08 bits per heavy atom. The van der Waals surface area contributed by atoms with Crippen LogP contribution in [-0.2, 0) is 11.2 Å². The third-order valence-corrected chi connectivity index (χ3v) is 4.47. The minimum absolute atomic E-state index is 0.0270. The summed E-state index contributed by atoms with van der Waals surface area (Å²) in [6.07, 6.45) is -0.611. The minimum atomic E-state index is -4.41. The molecule has 1 unspecified atom stereocenters. The largest absolute Gasteiger partial charge is 0.493 e. The van der Waals surface area contributed by atoms with Crippen LogP contribution in [0.2, 0.25) is 0 Å². The second kappa shape index (κ2) is 9.12. The van der Waals surface area contributed by atoms with Gasteiger partial charge in [-0.05, 0) is 43.4 Å². The van der Waals surface area contributed by atoms with Crippen molar-refractivity contribution in [3.63, 3.8) is 0 Å². The summed E-state index contributed by atoms with van der Waals surface area (Å²) in [5, 5.41) is 0. The number of alkyl halides is 3. The number of halogens is 3. The molecule has 1 heterocycles. The molecule has 1 saturated heterocycles. The van der Waals surface area contributed by atoms with E-state index >= 15 is 0 Å². The fourth-order valence-corrected chi connectivity index (χ4v) is 3.12. The Morgan fingerprint density at radius 3 is 2.73 bits per heavy atom. The quantitative estimate of drug-likeness (QED) is 0.797. The zero-order valence-corrected chi connectivity index (χ0v) is 14.8. The third-order valence-electron chi connectivity index (χ3n) is 4.47. The smallest absolute Gasteiger partial charge is 0.422 e. The second-order valence-corrected chi connectivity index (χ2v) is 6.36. The molecule has 8 heteroatoms. The number of hydrogen-bond acceptors (Lipinski definition) is 4. The van der Waals surface area contributed by atoms with Crippen LogP contribution in [0.15, 0.2) is 18.2 Å². The normalized spacial score (nSPS) is 17.9. The van der Waals surface area contributed by atoms with Gasteiger partial charge in [0.15, 0.2) is 18.1 Å². The Hall–Kier alpha value is -1.96. The molecule has 2 N–H and O–H groups in total. The molecule has 0 aromatic heterocycles. The zero-order valence-electron chi connectivity index (χ0n) is 14.8. The first kappa shape index (κ1) is 20.4. The average Bonchev–Trinajstić information content (AvgIpc) is 2.63. The summed E-state index contributed by atoms with van der Waals surface area (Å²) in [6, 6.07) is 4.80. The Bertz CT molecular complexity index is 608. The lowest BCUT2D eigenvalue weighted by Crippen LogP contribution is -2.47. The van der Waals surface area contributed by atoms with E-state index < -0.39 is 12.8 Å². The van der Waals surface area contributed by atoms with E-state index in [4.69, 9.17) is 15.2 Å². The van der Waals surface area contributed by atoms with Gasteiger partial charge in [-0.15, -0.1) is 0 Å². The Labute approximate surface area is 151 Å². The number of piperidine rings is 1. The van der Waals surface area contributed by atoms with Gasteiger partial charge in [-0.1, -0.05) is 6.07 Å². The SMILES string of the molecule is COc1cc(CCC(=O)N2CCCCC2CN)ccc1OCC(F)(F)F. The predicted octanol–water partition coefficient (Wildman–Crippen LogP) is 2.91. The zero-order chi connectivity index (χ0) is 19.2. The monoisotopic (exact) mass is 374 g/mol. The summed E-state index contributed by atoms with van der Waals surface area (Å²) in [7, 11) is 1.37. The molecule has 1 atom stereocenters. The molecular weight excluding hydrogens is 349 g/mol. The number of methoxy groups -OCH3 is 1. The summed E-state index contributed by atoms with van der Waals surface area (Å²) < 4.78 is 46.7. The fourth-order valence-electron chi connectivity index (χ4n) is 3.12. The Balaban J connectivity index is 1.95. The first-order valence-electron chi connectivity index (χ1n) is 8.70. The Kier molecular flexibility index (Phi) is 7.14. The number of ether oxygens (including phenoxy) is 2. The van der Waals surface area contributed by atoms with E-state index in [9.17, 15) is 18.0 Å². The van der Waals surface area contributed by atoms with Crippen LogP contribution in [0.25, 0.3) is 0 Å². The van der Waals surface area contributed by atoms with Gasteiger partial charge in [0.2, 0.25) is 5.91 Å². The van der Waals surface area contributed by atoms with E-state index in [1.807, 2.05) is 4.90 Å². The molecule has 1 aromatic rings. The highest BCUT2D eigenvalue weighted by molar-refractivity contribution is 5.77. The molecule has 0 radical (unpaired) electrons. The molecule has 2 rings (SSSR count). The number of carbonyl (C=O) groups is 1. The molecule has 1 amide bonds. The van der Waals surface area contributed by atoms with Gasteiger partial charge in [-0.2, -0.15) is 13.2 Å². The van der Waals surface area contributed by atoms with Crippen LogP contribution in [0.4, 0.5) is 13.2 Å². The number of benzene rings is 1. The third kappa shape index (κ3) is 5.79. The van der Waals surface area contributed by atoms with Crippen molar-refractivity contribution in [3.05, 3.63) is 23.8 Å². The second-order valence-electron chi connectivity index (χ2n) is 6.36. The molecule has 5 nitrogen and oxygen atoms in total. The van der Waals surface area contributed by atoms with Crippen molar-refractivity contribution in [2.75, 3.05) is 26.8 Å². The van der Waals surface area contributed by atoms with Gasteiger partial charge in [0.25, 0.3) is 0 Å². The predicted molar refractivity (Wildman–Crippen MR) is 91.3 cm³/mol. The number of aryl methyl sites for hydroxylation is 1. The lowest BCUT2D eigenvalue weighted by atomic mass is 10.0. The number of nitrogens with zero attached hydrogens (tertiary/aromatic N) is 1. The van der Waals surface area contributed by atoms with E-state index in [-0.39, 0.29) is 23.4 Å². The molecule has 0 aliphatic carbocycles. The summed E-state index contributed by atoms with van der Waals surface area (Å²) in [6.45, 7) is -0.185. The molecule has 0 spiro atoms. The highest BCUT2D eigenvalue weighted by Crippen LogP contribution is 2.30. The maximum absolute atomic E-state index is 12.5. The van der Waals surface area contributed by atoms with E-state index in [0.717, 1.165) is 31.4 Å². The molecule has 1 aliphatic heterocycles. The first-order valence-corrected chi connectivity index (χ1v) is 8.70. The number of nitrogens with two attached hydrogens (primary N) is 1. The van der Waals surface area contributed by atoms with Gasteiger partial charge in [0.1, 0.15) is 0 Å². The van der Waals surface area contributed by atoms with Crippen LogP contribution >= 0.6 is 0 Å². The lowest BCUT2D eigenvalue weighted by molar-refractivity contribution is -0.153. The van der Waals surface area contributed by atoms with Gasteiger partial charge in [0, 0.05) is 25.6 Å². The summed E-state index contributed by atoms with van der Waals surface area (Å²) in [5.74, 6) is 0.299. The van der Waals surface area contributed by atoms with Gasteiger partial charge >= 0.3 is 6.18 Å². The molecule has 26 heavy (non-hydrogen) atoms. The highest BCUT2D eigenvalue weighted by Gasteiger charge is 2.29. The fraction of sp³-hybridized carbons (Fsp3) is 0.611. The standard InChI is InChI=1S/C18H25F3N2O3/c1-25-16-10-13(5-7-15(16)26-12-18(19,20)21)6-8-17(24)23-9-3-2-4-14(23)11-22/h5,7,10,14H,2-4,6,8-9,11-12,22H2,1H3. The van der Waals surface area contributed by atoms with E-state index in [1.165, 1.54) is 13.2 Å². The van der Waals surface area contributed by atoms with Gasteiger partial charge < -0.3 is 20.1 Å². The maximum atomic E-state index is 12.5. The average molecular weight is 374 g/mol. The Morgan fingerprint density at radius 1 is 1.31 bits per heavy atom. The number of carbonyl (C=O) groups excluding carboxylic acids is 1. The maximum Gasteiger partial charge on any atom is 0.422 e. The van der Waals surface area contributed by atoms with Crippen LogP contribution in [0.3, 0.4) is 0 Å². The van der Waals surface area contributed by atoms with Crippen LogP contribution < -0.4 is 15.2 Å². The molecule has 1 aliphatic rings. The van der Waals surface area contributed by atoms with Gasteiger partial charge in [-0.3, -0.25) is 4.79 Å². The van der Waals surface area contributed by atoms with Crippen molar-refractivity contribution in [1.29, 1.82) is 0 Å². The van der Waals surface area contributed by atoms with E-state index in [0.29, 0.717) is 19.4 Å². The highest BCUT2D eigenvalue weighted by atomic mass is 19.4. The van der Waals surface area contributed by atoms with Crippen molar-refractivity contribution in [3.8, 4) is 11.5 Å². The minimum Gasteiger partial charge on any atom is -0.493 e.